The van der Waals surface area contributed by atoms with Gasteiger partial charge in [-0.05, 0) is 31.1 Å². The Labute approximate surface area is 89.2 Å². The normalized spacial score (nSPS) is 13.9. The summed E-state index contributed by atoms with van der Waals surface area (Å²) in [6, 6.07) is 0.314. The summed E-state index contributed by atoms with van der Waals surface area (Å²) in [7, 11) is 0. The highest BCUT2D eigenvalue weighted by molar-refractivity contribution is 4.62. The molecule has 2 nitrogen and oxygen atoms in total. The molecule has 14 heavy (non-hydrogen) atoms. The fourth-order valence-corrected chi connectivity index (χ4v) is 1.38. The Morgan fingerprint density at radius 1 is 0.929 bits per heavy atom. The van der Waals surface area contributed by atoms with Crippen LogP contribution in [0.1, 0.15) is 47.0 Å². The van der Waals surface area contributed by atoms with Gasteiger partial charge in [0.1, 0.15) is 0 Å². The van der Waals surface area contributed by atoms with Gasteiger partial charge in [0, 0.05) is 19.3 Å². The lowest BCUT2D eigenvalue weighted by molar-refractivity contribution is 0.115. The summed E-state index contributed by atoms with van der Waals surface area (Å²) in [4.78, 5) is 0. The molecule has 0 saturated heterocycles. The van der Waals surface area contributed by atoms with E-state index in [1.807, 2.05) is 0 Å². The van der Waals surface area contributed by atoms with Gasteiger partial charge in [0.15, 0.2) is 0 Å². The lowest BCUT2D eigenvalue weighted by atomic mass is 10.0. The second-order valence-corrected chi connectivity index (χ2v) is 4.97. The summed E-state index contributed by atoms with van der Waals surface area (Å²) >= 11 is 0. The Kier molecular flexibility index (Phi) is 8.20. The monoisotopic (exact) mass is 201 g/mol. The van der Waals surface area contributed by atoms with Crippen LogP contribution in [0.5, 0.6) is 0 Å². The Hall–Kier alpha value is -0.0800. The van der Waals surface area contributed by atoms with Gasteiger partial charge in [0.05, 0.1) is 0 Å². The fraction of sp³-hybridized carbons (Fsp3) is 1.00. The van der Waals surface area contributed by atoms with Gasteiger partial charge in [-0.1, -0.05) is 27.7 Å². The standard InChI is InChI=1S/C12H27NO/c1-10(2)5-7-14-8-6-12(13)9-11(3)4/h10-12H,5-9,13H2,1-4H3. The van der Waals surface area contributed by atoms with Crippen molar-refractivity contribution in [3.63, 3.8) is 0 Å². The van der Waals surface area contributed by atoms with E-state index in [1.54, 1.807) is 0 Å². The average Bonchev–Trinajstić information content (AvgIpc) is 2.01. The molecule has 0 heterocycles. The van der Waals surface area contributed by atoms with Crippen LogP contribution in [0.25, 0.3) is 0 Å². The zero-order valence-corrected chi connectivity index (χ0v) is 10.3. The van der Waals surface area contributed by atoms with Gasteiger partial charge in [-0.25, -0.2) is 0 Å². The predicted molar refractivity (Wildman–Crippen MR) is 62.3 cm³/mol. The van der Waals surface area contributed by atoms with Crippen molar-refractivity contribution in [2.45, 2.75) is 53.0 Å². The van der Waals surface area contributed by atoms with Gasteiger partial charge in [0.25, 0.3) is 0 Å². The van der Waals surface area contributed by atoms with E-state index in [0.29, 0.717) is 12.0 Å². The van der Waals surface area contributed by atoms with Crippen LogP contribution in [0.4, 0.5) is 0 Å². The van der Waals surface area contributed by atoms with E-state index in [2.05, 4.69) is 27.7 Å². The number of hydrogen-bond acceptors (Lipinski definition) is 2. The highest BCUT2D eigenvalue weighted by Gasteiger charge is 2.04. The third-order valence-electron chi connectivity index (χ3n) is 2.25. The minimum atomic E-state index is 0.314. The van der Waals surface area contributed by atoms with E-state index in [0.717, 1.165) is 38.4 Å². The molecule has 0 bridgehead atoms. The molecule has 0 aliphatic carbocycles. The molecule has 0 aromatic rings. The predicted octanol–water partition coefficient (Wildman–Crippen LogP) is 2.81. The lowest BCUT2D eigenvalue weighted by Gasteiger charge is -2.14. The molecule has 0 fully saturated rings. The molecule has 0 saturated carbocycles. The zero-order chi connectivity index (χ0) is 11.0. The number of rotatable bonds is 8. The topological polar surface area (TPSA) is 35.2 Å². The second-order valence-electron chi connectivity index (χ2n) is 4.97. The van der Waals surface area contributed by atoms with Crippen molar-refractivity contribution in [2.75, 3.05) is 13.2 Å². The molecule has 0 rings (SSSR count). The van der Waals surface area contributed by atoms with Gasteiger partial charge >= 0.3 is 0 Å². The summed E-state index contributed by atoms with van der Waals surface area (Å²) < 4.78 is 5.52. The smallest absolute Gasteiger partial charge is 0.0480 e. The molecule has 0 spiro atoms. The third kappa shape index (κ3) is 10.0. The molecule has 0 radical (unpaired) electrons. The van der Waals surface area contributed by atoms with Gasteiger partial charge < -0.3 is 10.5 Å². The first-order chi connectivity index (χ1) is 6.52. The molecule has 1 unspecified atom stereocenters. The summed E-state index contributed by atoms with van der Waals surface area (Å²) in [5.74, 6) is 1.43. The minimum absolute atomic E-state index is 0.314. The van der Waals surface area contributed by atoms with Gasteiger partial charge in [-0.15, -0.1) is 0 Å². The second kappa shape index (κ2) is 8.25. The largest absolute Gasteiger partial charge is 0.381 e. The first kappa shape index (κ1) is 13.9. The summed E-state index contributed by atoms with van der Waals surface area (Å²) in [5, 5.41) is 0. The highest BCUT2D eigenvalue weighted by Crippen LogP contribution is 2.06. The van der Waals surface area contributed by atoms with E-state index in [-0.39, 0.29) is 0 Å². The van der Waals surface area contributed by atoms with E-state index in [1.165, 1.54) is 0 Å². The maximum Gasteiger partial charge on any atom is 0.0480 e. The van der Waals surface area contributed by atoms with Crippen molar-refractivity contribution in [3.8, 4) is 0 Å². The van der Waals surface area contributed by atoms with Gasteiger partial charge in [-0.3, -0.25) is 0 Å². The van der Waals surface area contributed by atoms with Crippen LogP contribution in [0.15, 0.2) is 0 Å². The van der Waals surface area contributed by atoms with Crippen molar-refractivity contribution in [2.24, 2.45) is 17.6 Å². The molecular weight excluding hydrogens is 174 g/mol. The molecule has 1 atom stereocenters. The van der Waals surface area contributed by atoms with Crippen LogP contribution >= 0.6 is 0 Å². The average molecular weight is 201 g/mol. The number of hydrogen-bond donors (Lipinski definition) is 1. The number of nitrogens with two attached hydrogens (primary N) is 1. The van der Waals surface area contributed by atoms with Crippen molar-refractivity contribution >= 4 is 0 Å². The van der Waals surface area contributed by atoms with Crippen LogP contribution in [0.2, 0.25) is 0 Å². The van der Waals surface area contributed by atoms with Gasteiger partial charge in [-0.2, -0.15) is 0 Å². The Morgan fingerprint density at radius 2 is 1.50 bits per heavy atom. The Balaban J connectivity index is 3.19. The lowest BCUT2D eigenvalue weighted by Crippen LogP contribution is -2.24. The first-order valence-corrected chi connectivity index (χ1v) is 5.85. The van der Waals surface area contributed by atoms with Crippen LogP contribution in [0.3, 0.4) is 0 Å². The Morgan fingerprint density at radius 3 is 2.00 bits per heavy atom. The molecule has 2 heteroatoms. The first-order valence-electron chi connectivity index (χ1n) is 5.85. The molecule has 0 amide bonds. The van der Waals surface area contributed by atoms with Gasteiger partial charge in [0.2, 0.25) is 0 Å². The van der Waals surface area contributed by atoms with Crippen LogP contribution in [-0.4, -0.2) is 19.3 Å². The molecule has 0 aromatic heterocycles. The van der Waals surface area contributed by atoms with Crippen molar-refractivity contribution in [1.82, 2.24) is 0 Å². The molecule has 86 valence electrons. The SMILES string of the molecule is CC(C)CCOCCC(N)CC(C)C. The van der Waals surface area contributed by atoms with E-state index < -0.39 is 0 Å². The molecule has 2 N–H and O–H groups in total. The third-order valence-corrected chi connectivity index (χ3v) is 2.25. The summed E-state index contributed by atoms with van der Waals surface area (Å²) in [6.45, 7) is 10.5. The van der Waals surface area contributed by atoms with Crippen LogP contribution in [-0.2, 0) is 4.74 Å². The summed E-state index contributed by atoms with van der Waals surface area (Å²) in [6.07, 6.45) is 3.25. The zero-order valence-electron chi connectivity index (χ0n) is 10.3. The quantitative estimate of drug-likeness (QED) is 0.613. The van der Waals surface area contributed by atoms with E-state index >= 15 is 0 Å². The molecule has 0 aliphatic heterocycles. The van der Waals surface area contributed by atoms with Crippen molar-refractivity contribution in [3.05, 3.63) is 0 Å². The van der Waals surface area contributed by atoms with E-state index in [9.17, 15) is 0 Å². The van der Waals surface area contributed by atoms with E-state index in [4.69, 9.17) is 10.5 Å². The molecular formula is C12H27NO. The maximum absolute atomic E-state index is 5.94. The Bertz CT molecular complexity index is 123. The maximum atomic E-state index is 5.94. The van der Waals surface area contributed by atoms with Crippen molar-refractivity contribution < 1.29 is 4.74 Å². The molecule has 0 aliphatic rings. The van der Waals surface area contributed by atoms with Crippen molar-refractivity contribution in [1.29, 1.82) is 0 Å². The number of ether oxygens (including phenoxy) is 1. The summed E-state index contributed by atoms with van der Waals surface area (Å²) in [5.41, 5.74) is 5.94. The molecule has 0 aromatic carbocycles. The highest BCUT2D eigenvalue weighted by atomic mass is 16.5. The fourth-order valence-electron chi connectivity index (χ4n) is 1.38. The minimum Gasteiger partial charge on any atom is -0.381 e. The van der Waals surface area contributed by atoms with Crippen LogP contribution < -0.4 is 5.73 Å². The van der Waals surface area contributed by atoms with Crippen LogP contribution in [0, 0.1) is 11.8 Å².